The van der Waals surface area contributed by atoms with Crippen LogP contribution in [0.1, 0.15) is 28.8 Å². The number of carbonyl (C=O) groups is 3. The van der Waals surface area contributed by atoms with Gasteiger partial charge in [-0.3, -0.25) is 9.59 Å². The lowest BCUT2D eigenvalue weighted by atomic mass is 10.1. The van der Waals surface area contributed by atoms with E-state index in [4.69, 9.17) is 4.74 Å². The second-order valence-corrected chi connectivity index (χ2v) is 6.30. The zero-order valence-electron chi connectivity index (χ0n) is 14.7. The zero-order chi connectivity index (χ0) is 19.2. The molecule has 0 spiro atoms. The van der Waals surface area contributed by atoms with Crippen LogP contribution in [0, 0.1) is 5.92 Å². The summed E-state index contributed by atoms with van der Waals surface area (Å²) < 4.78 is 5.38. The Morgan fingerprint density at radius 2 is 1.85 bits per heavy atom. The third-order valence-electron chi connectivity index (χ3n) is 4.10. The van der Waals surface area contributed by atoms with E-state index >= 15 is 0 Å². The van der Waals surface area contributed by atoms with Gasteiger partial charge in [0.15, 0.2) is 0 Å². The number of anilines is 1. The van der Waals surface area contributed by atoms with Gasteiger partial charge in [-0.25, -0.2) is 4.79 Å². The first-order valence-corrected chi connectivity index (χ1v) is 8.67. The first-order valence-electron chi connectivity index (χ1n) is 8.67. The van der Waals surface area contributed by atoms with Crippen molar-refractivity contribution in [2.24, 2.45) is 5.92 Å². The summed E-state index contributed by atoms with van der Waals surface area (Å²) in [5, 5.41) is 5.48. The molecule has 0 aromatic heterocycles. The molecule has 6 nitrogen and oxygen atoms in total. The maximum atomic E-state index is 12.3. The Labute approximate surface area is 157 Å². The summed E-state index contributed by atoms with van der Waals surface area (Å²) >= 11 is 0. The highest BCUT2D eigenvalue weighted by molar-refractivity contribution is 5.94. The quantitative estimate of drug-likeness (QED) is 0.449. The minimum atomic E-state index is -0.498. The standard InChI is InChI=1S/C21H20N2O4/c1-2-19(24)22-13-14-6-8-16(9-7-14)21(26)27-18-5-3-4-17(12-18)23-20(25)15-10-11-15/h2-9,12,15H,1,10-11,13H2,(H,22,24)(H,23,25). The van der Waals surface area contributed by atoms with Crippen molar-refractivity contribution < 1.29 is 19.1 Å². The second-order valence-electron chi connectivity index (χ2n) is 6.30. The molecule has 138 valence electrons. The van der Waals surface area contributed by atoms with E-state index in [1.807, 2.05) is 0 Å². The van der Waals surface area contributed by atoms with Gasteiger partial charge < -0.3 is 15.4 Å². The predicted molar refractivity (Wildman–Crippen MR) is 101 cm³/mol. The van der Waals surface area contributed by atoms with E-state index in [0.717, 1.165) is 18.4 Å². The molecule has 0 aliphatic heterocycles. The summed E-state index contributed by atoms with van der Waals surface area (Å²) in [6, 6.07) is 13.5. The van der Waals surface area contributed by atoms with Gasteiger partial charge in [-0.15, -0.1) is 0 Å². The minimum absolute atomic E-state index is 0.00221. The van der Waals surface area contributed by atoms with Gasteiger partial charge in [-0.05, 0) is 48.7 Å². The van der Waals surface area contributed by atoms with E-state index in [9.17, 15) is 14.4 Å². The molecule has 0 heterocycles. The van der Waals surface area contributed by atoms with Crippen LogP contribution in [0.3, 0.4) is 0 Å². The fourth-order valence-electron chi connectivity index (χ4n) is 2.41. The summed E-state index contributed by atoms with van der Waals surface area (Å²) in [7, 11) is 0. The van der Waals surface area contributed by atoms with Crippen LogP contribution in [-0.4, -0.2) is 17.8 Å². The number of carbonyl (C=O) groups excluding carboxylic acids is 3. The van der Waals surface area contributed by atoms with Crippen LogP contribution >= 0.6 is 0 Å². The number of amides is 2. The average molecular weight is 364 g/mol. The summed E-state index contributed by atoms with van der Waals surface area (Å²) in [5.74, 6) is -0.297. The molecule has 0 unspecified atom stereocenters. The number of ether oxygens (including phenoxy) is 1. The van der Waals surface area contributed by atoms with Gasteiger partial charge in [0.25, 0.3) is 0 Å². The molecule has 0 bridgehead atoms. The van der Waals surface area contributed by atoms with Crippen LogP contribution < -0.4 is 15.4 Å². The third kappa shape index (κ3) is 5.28. The van der Waals surface area contributed by atoms with Crippen LogP contribution in [0.15, 0.2) is 61.2 Å². The SMILES string of the molecule is C=CC(=O)NCc1ccc(C(=O)Oc2cccc(NC(=O)C3CC3)c2)cc1. The van der Waals surface area contributed by atoms with E-state index in [-0.39, 0.29) is 17.7 Å². The number of esters is 1. The molecule has 2 aromatic rings. The lowest BCUT2D eigenvalue weighted by Crippen LogP contribution is -2.20. The Hall–Kier alpha value is -3.41. The number of rotatable bonds is 7. The Kier molecular flexibility index (Phi) is 5.66. The molecule has 1 fully saturated rings. The molecule has 0 radical (unpaired) electrons. The van der Waals surface area contributed by atoms with Crippen molar-refractivity contribution in [3.63, 3.8) is 0 Å². The normalized spacial score (nSPS) is 12.7. The highest BCUT2D eigenvalue weighted by Gasteiger charge is 2.29. The van der Waals surface area contributed by atoms with Crippen molar-refractivity contribution in [3.05, 3.63) is 72.3 Å². The molecular formula is C21H20N2O4. The van der Waals surface area contributed by atoms with Crippen molar-refractivity contribution in [1.82, 2.24) is 5.32 Å². The summed E-state index contributed by atoms with van der Waals surface area (Å²) in [5.41, 5.74) is 1.85. The Morgan fingerprint density at radius 3 is 2.52 bits per heavy atom. The van der Waals surface area contributed by atoms with Gasteiger partial charge in [-0.2, -0.15) is 0 Å². The van der Waals surface area contributed by atoms with Crippen molar-refractivity contribution >= 4 is 23.5 Å². The van der Waals surface area contributed by atoms with Crippen molar-refractivity contribution in [1.29, 1.82) is 0 Å². The molecule has 3 rings (SSSR count). The summed E-state index contributed by atoms with van der Waals surface area (Å²) in [6.07, 6.45) is 3.05. The number of hydrogen-bond donors (Lipinski definition) is 2. The molecule has 27 heavy (non-hydrogen) atoms. The first kappa shape index (κ1) is 18.4. The highest BCUT2D eigenvalue weighted by Crippen LogP contribution is 2.30. The maximum absolute atomic E-state index is 12.3. The van der Waals surface area contributed by atoms with Gasteiger partial charge in [0.2, 0.25) is 11.8 Å². The van der Waals surface area contributed by atoms with Crippen LogP contribution in [-0.2, 0) is 16.1 Å². The van der Waals surface area contributed by atoms with E-state index in [0.29, 0.717) is 23.5 Å². The van der Waals surface area contributed by atoms with Crippen LogP contribution in [0.5, 0.6) is 5.75 Å². The van der Waals surface area contributed by atoms with Gasteiger partial charge in [-0.1, -0.05) is 24.8 Å². The van der Waals surface area contributed by atoms with Gasteiger partial charge in [0.1, 0.15) is 5.75 Å². The van der Waals surface area contributed by atoms with Gasteiger partial charge in [0, 0.05) is 24.2 Å². The van der Waals surface area contributed by atoms with E-state index in [2.05, 4.69) is 17.2 Å². The monoisotopic (exact) mass is 364 g/mol. The van der Waals surface area contributed by atoms with E-state index < -0.39 is 5.97 Å². The smallest absolute Gasteiger partial charge is 0.343 e. The largest absolute Gasteiger partial charge is 0.423 e. The number of benzene rings is 2. The Morgan fingerprint density at radius 1 is 1.11 bits per heavy atom. The lowest BCUT2D eigenvalue weighted by molar-refractivity contribution is -0.117. The molecule has 1 aliphatic carbocycles. The number of hydrogen-bond acceptors (Lipinski definition) is 4. The Balaban J connectivity index is 1.58. The number of nitrogens with one attached hydrogen (secondary N) is 2. The molecule has 1 aliphatic rings. The average Bonchev–Trinajstić information content (AvgIpc) is 3.52. The molecule has 2 aromatic carbocycles. The van der Waals surface area contributed by atoms with Crippen LogP contribution in [0.2, 0.25) is 0 Å². The van der Waals surface area contributed by atoms with Crippen LogP contribution in [0.4, 0.5) is 5.69 Å². The maximum Gasteiger partial charge on any atom is 0.343 e. The predicted octanol–water partition coefficient (Wildman–Crippen LogP) is 3.06. The van der Waals surface area contributed by atoms with Gasteiger partial charge in [0.05, 0.1) is 5.56 Å². The molecule has 6 heteroatoms. The van der Waals surface area contributed by atoms with E-state index in [1.165, 1.54) is 6.08 Å². The topological polar surface area (TPSA) is 84.5 Å². The summed E-state index contributed by atoms with van der Waals surface area (Å²) in [6.45, 7) is 3.74. The fraction of sp³-hybridized carbons (Fsp3) is 0.190. The molecular weight excluding hydrogens is 344 g/mol. The Bertz CT molecular complexity index is 870. The van der Waals surface area contributed by atoms with Crippen molar-refractivity contribution in [3.8, 4) is 5.75 Å². The molecule has 2 N–H and O–H groups in total. The molecule has 1 saturated carbocycles. The first-order chi connectivity index (χ1) is 13.0. The van der Waals surface area contributed by atoms with E-state index in [1.54, 1.807) is 48.5 Å². The highest BCUT2D eigenvalue weighted by atomic mass is 16.5. The molecule has 2 amide bonds. The van der Waals surface area contributed by atoms with Crippen molar-refractivity contribution in [2.45, 2.75) is 19.4 Å². The summed E-state index contributed by atoms with van der Waals surface area (Å²) in [4.78, 5) is 35.3. The second kappa shape index (κ2) is 8.31. The zero-order valence-corrected chi connectivity index (χ0v) is 14.7. The molecule has 0 saturated heterocycles. The third-order valence-corrected chi connectivity index (χ3v) is 4.10. The van der Waals surface area contributed by atoms with Gasteiger partial charge >= 0.3 is 5.97 Å². The lowest BCUT2D eigenvalue weighted by Gasteiger charge is -2.08. The van der Waals surface area contributed by atoms with Crippen LogP contribution in [0.25, 0.3) is 0 Å². The minimum Gasteiger partial charge on any atom is -0.423 e. The fourth-order valence-corrected chi connectivity index (χ4v) is 2.41. The van der Waals surface area contributed by atoms with Crippen molar-refractivity contribution in [2.75, 3.05) is 5.32 Å². The molecule has 0 atom stereocenters.